The number of carbonyl (C=O) groups is 1. The Kier molecular flexibility index (Phi) is 5.80. The van der Waals surface area contributed by atoms with Crippen molar-refractivity contribution in [2.45, 2.75) is 20.8 Å². The number of aryl methyl sites for hydroxylation is 3. The molecule has 0 aliphatic carbocycles. The summed E-state index contributed by atoms with van der Waals surface area (Å²) >= 11 is 6.16. The van der Waals surface area contributed by atoms with Crippen molar-refractivity contribution < 1.29 is 9.53 Å². The second kappa shape index (κ2) is 8.27. The fraction of sp³-hybridized carbons (Fsp3) is 0.190. The lowest BCUT2D eigenvalue weighted by molar-refractivity contribution is 0.102. The van der Waals surface area contributed by atoms with Gasteiger partial charge in [-0.3, -0.25) is 4.79 Å². The number of nitrogens with zero attached hydrogens (tertiary/aromatic N) is 2. The number of para-hydroxylation sites is 1. The summed E-state index contributed by atoms with van der Waals surface area (Å²) in [5.41, 5.74) is 4.41. The fourth-order valence-electron chi connectivity index (χ4n) is 2.80. The van der Waals surface area contributed by atoms with Gasteiger partial charge in [-0.1, -0.05) is 29.8 Å². The number of rotatable bonds is 5. The lowest BCUT2D eigenvalue weighted by atomic mass is 10.1. The average Bonchev–Trinajstić information content (AvgIpc) is 2.64. The number of hydrogen-bond donors (Lipinski definition) is 2. The van der Waals surface area contributed by atoms with Gasteiger partial charge in [0.15, 0.2) is 0 Å². The minimum absolute atomic E-state index is 0.275. The van der Waals surface area contributed by atoms with E-state index in [2.05, 4.69) is 20.6 Å². The van der Waals surface area contributed by atoms with Crippen LogP contribution in [0.1, 0.15) is 27.3 Å². The van der Waals surface area contributed by atoms with Gasteiger partial charge in [0, 0.05) is 17.1 Å². The summed E-state index contributed by atoms with van der Waals surface area (Å²) in [4.78, 5) is 21.4. The molecular formula is C21H21ClN4O2. The molecule has 28 heavy (non-hydrogen) atoms. The van der Waals surface area contributed by atoms with Crippen LogP contribution in [0.25, 0.3) is 0 Å². The Morgan fingerprint density at radius 2 is 1.75 bits per heavy atom. The molecule has 0 aliphatic rings. The van der Waals surface area contributed by atoms with E-state index >= 15 is 0 Å². The van der Waals surface area contributed by atoms with E-state index in [1.807, 2.05) is 39.0 Å². The van der Waals surface area contributed by atoms with Crippen LogP contribution >= 0.6 is 11.6 Å². The highest BCUT2D eigenvalue weighted by atomic mass is 35.5. The van der Waals surface area contributed by atoms with Crippen molar-refractivity contribution >= 4 is 34.8 Å². The van der Waals surface area contributed by atoms with Gasteiger partial charge in [-0.15, -0.1) is 0 Å². The zero-order valence-corrected chi connectivity index (χ0v) is 16.9. The number of carbonyl (C=O) groups excluding carboxylic acids is 1. The summed E-state index contributed by atoms with van der Waals surface area (Å²) in [5.74, 6) is 0.595. The second-order valence-electron chi connectivity index (χ2n) is 6.41. The highest BCUT2D eigenvalue weighted by Crippen LogP contribution is 2.28. The van der Waals surface area contributed by atoms with Crippen molar-refractivity contribution in [2.75, 3.05) is 17.7 Å². The normalized spacial score (nSPS) is 10.5. The quantitative estimate of drug-likeness (QED) is 0.630. The van der Waals surface area contributed by atoms with E-state index in [-0.39, 0.29) is 11.6 Å². The number of hydrogen-bond acceptors (Lipinski definition) is 5. The number of aromatic nitrogens is 2. The van der Waals surface area contributed by atoms with Gasteiger partial charge in [0.05, 0.1) is 12.1 Å². The molecule has 3 rings (SSSR count). The van der Waals surface area contributed by atoms with E-state index in [1.165, 1.54) is 0 Å². The molecule has 1 heterocycles. The van der Waals surface area contributed by atoms with Crippen LogP contribution in [0.5, 0.6) is 5.75 Å². The molecule has 1 aromatic heterocycles. The van der Waals surface area contributed by atoms with Gasteiger partial charge in [0.1, 0.15) is 11.4 Å². The van der Waals surface area contributed by atoms with E-state index in [4.69, 9.17) is 16.3 Å². The molecule has 0 radical (unpaired) electrons. The number of ether oxygens (including phenoxy) is 1. The topological polar surface area (TPSA) is 76.1 Å². The molecule has 0 fully saturated rings. The van der Waals surface area contributed by atoms with Crippen LogP contribution in [0.4, 0.5) is 17.3 Å². The van der Waals surface area contributed by atoms with E-state index < -0.39 is 0 Å². The standard InChI is InChI=1S/C21H21ClN4O2/c1-12-6-5-7-13(2)19(12)26-20(27)17-10-14(3)23-21(25-17)24-15-8-9-18(28-4)16(22)11-15/h5-11H,1-4H3,(H,26,27)(H,23,24,25). The summed E-state index contributed by atoms with van der Waals surface area (Å²) in [6.07, 6.45) is 0. The molecule has 2 N–H and O–H groups in total. The molecule has 0 saturated heterocycles. The minimum Gasteiger partial charge on any atom is -0.495 e. The maximum Gasteiger partial charge on any atom is 0.274 e. The van der Waals surface area contributed by atoms with E-state index in [9.17, 15) is 4.79 Å². The molecule has 6 nitrogen and oxygen atoms in total. The molecule has 7 heteroatoms. The number of methoxy groups -OCH3 is 1. The third kappa shape index (κ3) is 4.40. The summed E-state index contributed by atoms with van der Waals surface area (Å²) in [6.45, 7) is 5.71. The Hall–Kier alpha value is -3.12. The summed E-state index contributed by atoms with van der Waals surface area (Å²) in [5, 5.41) is 6.49. The van der Waals surface area contributed by atoms with Crippen LogP contribution in [-0.2, 0) is 0 Å². The highest BCUT2D eigenvalue weighted by molar-refractivity contribution is 6.32. The Labute approximate surface area is 168 Å². The van der Waals surface area contributed by atoms with Crippen LogP contribution in [0, 0.1) is 20.8 Å². The molecule has 3 aromatic rings. The molecule has 2 aromatic carbocycles. The predicted molar refractivity (Wildman–Crippen MR) is 112 cm³/mol. The Bertz CT molecular complexity index is 1020. The lowest BCUT2D eigenvalue weighted by Gasteiger charge is -2.12. The first-order valence-electron chi connectivity index (χ1n) is 8.71. The number of benzene rings is 2. The molecule has 0 atom stereocenters. The van der Waals surface area contributed by atoms with Gasteiger partial charge in [-0.05, 0) is 56.2 Å². The number of amides is 1. The van der Waals surface area contributed by atoms with Crippen LogP contribution in [-0.4, -0.2) is 23.0 Å². The monoisotopic (exact) mass is 396 g/mol. The first kappa shape index (κ1) is 19.6. The van der Waals surface area contributed by atoms with Gasteiger partial charge in [-0.25, -0.2) is 9.97 Å². The summed E-state index contributed by atoms with van der Waals surface area (Å²) in [6, 6.07) is 12.8. The fourth-order valence-corrected chi connectivity index (χ4v) is 3.06. The van der Waals surface area contributed by atoms with Crippen molar-refractivity contribution in [2.24, 2.45) is 0 Å². The molecule has 0 unspecified atom stereocenters. The first-order valence-corrected chi connectivity index (χ1v) is 9.09. The number of anilines is 3. The van der Waals surface area contributed by atoms with Gasteiger partial charge < -0.3 is 15.4 Å². The van der Waals surface area contributed by atoms with Crippen molar-refractivity contribution in [3.05, 3.63) is 70.0 Å². The minimum atomic E-state index is -0.293. The Morgan fingerprint density at radius 3 is 2.39 bits per heavy atom. The SMILES string of the molecule is COc1ccc(Nc2nc(C)cc(C(=O)Nc3c(C)cccc3C)n2)cc1Cl. The van der Waals surface area contributed by atoms with E-state index in [0.29, 0.717) is 28.1 Å². The maximum atomic E-state index is 12.7. The predicted octanol–water partition coefficient (Wildman–Crippen LogP) is 5.06. The van der Waals surface area contributed by atoms with Crippen molar-refractivity contribution in [1.29, 1.82) is 0 Å². The van der Waals surface area contributed by atoms with Crippen molar-refractivity contribution in [1.82, 2.24) is 9.97 Å². The van der Waals surface area contributed by atoms with Gasteiger partial charge in [0.2, 0.25) is 5.95 Å². The number of nitrogens with one attached hydrogen (secondary N) is 2. The number of halogens is 1. The van der Waals surface area contributed by atoms with Crippen LogP contribution < -0.4 is 15.4 Å². The van der Waals surface area contributed by atoms with Gasteiger partial charge >= 0.3 is 0 Å². The molecule has 0 spiro atoms. The van der Waals surface area contributed by atoms with E-state index in [0.717, 1.165) is 16.8 Å². The van der Waals surface area contributed by atoms with Crippen molar-refractivity contribution in [3.63, 3.8) is 0 Å². The third-order valence-corrected chi connectivity index (χ3v) is 4.51. The average molecular weight is 397 g/mol. The molecule has 144 valence electrons. The largest absolute Gasteiger partial charge is 0.495 e. The molecule has 0 aliphatic heterocycles. The maximum absolute atomic E-state index is 12.7. The molecule has 0 bridgehead atoms. The Morgan fingerprint density at radius 1 is 1.04 bits per heavy atom. The van der Waals surface area contributed by atoms with Crippen LogP contribution in [0.3, 0.4) is 0 Å². The smallest absolute Gasteiger partial charge is 0.274 e. The van der Waals surface area contributed by atoms with Gasteiger partial charge in [0.25, 0.3) is 5.91 Å². The highest BCUT2D eigenvalue weighted by Gasteiger charge is 2.14. The molecule has 0 saturated carbocycles. The zero-order valence-electron chi connectivity index (χ0n) is 16.1. The van der Waals surface area contributed by atoms with Crippen molar-refractivity contribution in [3.8, 4) is 5.75 Å². The lowest BCUT2D eigenvalue weighted by Crippen LogP contribution is -2.17. The molecule has 1 amide bonds. The zero-order chi connectivity index (χ0) is 20.3. The van der Waals surface area contributed by atoms with Gasteiger partial charge in [-0.2, -0.15) is 0 Å². The molecular weight excluding hydrogens is 376 g/mol. The van der Waals surface area contributed by atoms with Crippen LogP contribution in [0.2, 0.25) is 5.02 Å². The second-order valence-corrected chi connectivity index (χ2v) is 6.82. The summed E-state index contributed by atoms with van der Waals surface area (Å²) < 4.78 is 5.15. The van der Waals surface area contributed by atoms with E-state index in [1.54, 1.807) is 31.4 Å². The van der Waals surface area contributed by atoms with Crippen LogP contribution in [0.15, 0.2) is 42.5 Å². The first-order chi connectivity index (χ1) is 13.4. The Balaban J connectivity index is 1.85. The third-order valence-electron chi connectivity index (χ3n) is 4.21. The summed E-state index contributed by atoms with van der Waals surface area (Å²) in [7, 11) is 1.55.